The second-order valence-corrected chi connectivity index (χ2v) is 6.97. The van der Waals surface area contributed by atoms with E-state index in [1.54, 1.807) is 48.5 Å². The lowest BCUT2D eigenvalue weighted by molar-refractivity contribution is -0.0616. The van der Waals surface area contributed by atoms with Gasteiger partial charge in [-0.3, -0.25) is 0 Å². The minimum Gasteiger partial charge on any atom is -0.606 e. The fraction of sp³-hybridized carbons (Fsp3) is 0.400. The molecule has 0 saturated carbocycles. The molecule has 0 aliphatic carbocycles. The van der Waals surface area contributed by atoms with Crippen LogP contribution in [0.4, 0.5) is 0 Å². The van der Waals surface area contributed by atoms with E-state index in [0.717, 1.165) is 0 Å². The first-order chi connectivity index (χ1) is 12.5. The van der Waals surface area contributed by atoms with Gasteiger partial charge in [0.1, 0.15) is 11.5 Å². The summed E-state index contributed by atoms with van der Waals surface area (Å²) in [6.45, 7) is 8.69. The highest BCUT2D eigenvalue weighted by atomic mass is 32.2. The number of rotatable bonds is 10. The van der Waals surface area contributed by atoms with Crippen molar-refractivity contribution in [1.29, 1.82) is 0 Å². The van der Waals surface area contributed by atoms with E-state index < -0.39 is 11.2 Å². The van der Waals surface area contributed by atoms with Gasteiger partial charge in [0.2, 0.25) is 0 Å². The molecule has 0 amide bonds. The van der Waals surface area contributed by atoms with Gasteiger partial charge in [0.25, 0.3) is 0 Å². The van der Waals surface area contributed by atoms with Crippen LogP contribution < -0.4 is 9.47 Å². The smallest absolute Gasteiger partial charge is 0.196 e. The Labute approximate surface area is 158 Å². The largest absolute Gasteiger partial charge is 0.606 e. The van der Waals surface area contributed by atoms with Crippen LogP contribution in [0.25, 0.3) is 0 Å². The molecule has 2 aromatic rings. The van der Waals surface area contributed by atoms with Crippen LogP contribution in [0.5, 0.6) is 11.5 Å². The van der Waals surface area contributed by atoms with E-state index in [9.17, 15) is 4.55 Å². The Morgan fingerprint density at radius 2 is 1.08 bits per heavy atom. The first kappa shape index (κ1) is 20.6. The SMILES string of the molecule is CCOC(C)Oc1ccc([S+]([O-])c2ccc(OC(C)OCC)cc2)cc1. The molecule has 0 heterocycles. The highest BCUT2D eigenvalue weighted by molar-refractivity contribution is 7.91. The Kier molecular flexibility index (Phi) is 8.25. The highest BCUT2D eigenvalue weighted by Crippen LogP contribution is 2.25. The Bertz CT molecular complexity index is 587. The van der Waals surface area contributed by atoms with Crippen LogP contribution in [0, 0.1) is 0 Å². The van der Waals surface area contributed by atoms with Crippen molar-refractivity contribution in [3.05, 3.63) is 48.5 Å². The van der Waals surface area contributed by atoms with Crippen molar-refractivity contribution in [2.75, 3.05) is 13.2 Å². The first-order valence-corrected chi connectivity index (χ1v) is 9.86. The van der Waals surface area contributed by atoms with Gasteiger partial charge in [-0.1, -0.05) is 0 Å². The molecule has 6 heteroatoms. The third-order valence-electron chi connectivity index (χ3n) is 3.48. The molecule has 0 spiro atoms. The van der Waals surface area contributed by atoms with Crippen molar-refractivity contribution >= 4 is 11.2 Å². The maximum absolute atomic E-state index is 12.7. The zero-order chi connectivity index (χ0) is 18.9. The average Bonchev–Trinajstić information content (AvgIpc) is 2.63. The second kappa shape index (κ2) is 10.4. The Morgan fingerprint density at radius 3 is 1.38 bits per heavy atom. The Hall–Kier alpha value is -1.73. The molecular weight excluding hydrogens is 352 g/mol. The van der Waals surface area contributed by atoms with Gasteiger partial charge in [-0.15, -0.1) is 0 Å². The summed E-state index contributed by atoms with van der Waals surface area (Å²) in [5.74, 6) is 1.36. The van der Waals surface area contributed by atoms with Gasteiger partial charge in [-0.2, -0.15) is 0 Å². The molecule has 5 nitrogen and oxygen atoms in total. The topological polar surface area (TPSA) is 60.0 Å². The number of hydrogen-bond donors (Lipinski definition) is 0. The molecule has 0 fully saturated rings. The van der Waals surface area contributed by atoms with E-state index in [1.807, 2.05) is 27.7 Å². The van der Waals surface area contributed by atoms with Gasteiger partial charge in [-0.05, 0) is 76.2 Å². The summed E-state index contributed by atoms with van der Waals surface area (Å²) in [5, 5.41) is 0. The predicted molar refractivity (Wildman–Crippen MR) is 101 cm³/mol. The quantitative estimate of drug-likeness (QED) is 0.454. The maximum atomic E-state index is 12.7. The monoisotopic (exact) mass is 378 g/mol. The zero-order valence-corrected chi connectivity index (χ0v) is 16.5. The van der Waals surface area contributed by atoms with Crippen LogP contribution >= 0.6 is 0 Å². The van der Waals surface area contributed by atoms with Gasteiger partial charge in [-0.25, -0.2) is 0 Å². The van der Waals surface area contributed by atoms with E-state index in [0.29, 0.717) is 34.5 Å². The second-order valence-electron chi connectivity index (χ2n) is 5.49. The van der Waals surface area contributed by atoms with E-state index in [2.05, 4.69) is 0 Å². The number of benzene rings is 2. The molecule has 0 saturated heterocycles. The van der Waals surface area contributed by atoms with Gasteiger partial charge < -0.3 is 23.5 Å². The third-order valence-corrected chi connectivity index (χ3v) is 4.88. The molecule has 2 rings (SSSR count). The molecule has 2 atom stereocenters. The summed E-state index contributed by atoms with van der Waals surface area (Å²) in [6.07, 6.45) is -0.633. The van der Waals surface area contributed by atoms with Crippen LogP contribution in [0.2, 0.25) is 0 Å². The molecule has 2 unspecified atom stereocenters. The zero-order valence-electron chi connectivity index (χ0n) is 15.6. The Balaban J connectivity index is 1.98. The number of hydrogen-bond acceptors (Lipinski definition) is 5. The van der Waals surface area contributed by atoms with Crippen LogP contribution in [-0.4, -0.2) is 30.3 Å². The van der Waals surface area contributed by atoms with E-state index in [-0.39, 0.29) is 12.6 Å². The molecule has 0 aliphatic heterocycles. The summed E-state index contributed by atoms with van der Waals surface area (Å²) in [4.78, 5) is 1.41. The van der Waals surface area contributed by atoms with E-state index in [1.165, 1.54) is 0 Å². The minimum atomic E-state index is -1.27. The molecule has 0 N–H and O–H groups in total. The van der Waals surface area contributed by atoms with Crippen molar-refractivity contribution in [1.82, 2.24) is 0 Å². The van der Waals surface area contributed by atoms with Gasteiger partial charge in [0.15, 0.2) is 22.4 Å². The molecular formula is C20H26O5S. The van der Waals surface area contributed by atoms with Crippen molar-refractivity contribution in [3.8, 4) is 11.5 Å². The third kappa shape index (κ3) is 6.21. The van der Waals surface area contributed by atoms with Gasteiger partial charge >= 0.3 is 0 Å². The van der Waals surface area contributed by atoms with E-state index in [4.69, 9.17) is 18.9 Å². The number of ether oxygens (including phenoxy) is 4. The summed E-state index contributed by atoms with van der Waals surface area (Å²) in [7, 11) is 0. The van der Waals surface area contributed by atoms with Crippen molar-refractivity contribution in [2.45, 2.75) is 50.1 Å². The summed E-state index contributed by atoms with van der Waals surface area (Å²) < 4.78 is 34.6. The fourth-order valence-corrected chi connectivity index (χ4v) is 3.38. The summed E-state index contributed by atoms with van der Waals surface area (Å²) in [6, 6.07) is 14.4. The highest BCUT2D eigenvalue weighted by Gasteiger charge is 2.16. The van der Waals surface area contributed by atoms with E-state index >= 15 is 0 Å². The summed E-state index contributed by atoms with van der Waals surface area (Å²) in [5.41, 5.74) is 0. The average molecular weight is 378 g/mol. The summed E-state index contributed by atoms with van der Waals surface area (Å²) >= 11 is -1.27. The standard InChI is InChI=1S/C20H26O5S/c1-5-22-15(3)24-17-7-11-19(12-8-17)26(21)20-13-9-18(10-14-20)25-16(4)23-6-2/h7-16H,5-6H2,1-4H3. The Morgan fingerprint density at radius 1 is 0.731 bits per heavy atom. The lowest BCUT2D eigenvalue weighted by atomic mass is 10.3. The maximum Gasteiger partial charge on any atom is 0.196 e. The van der Waals surface area contributed by atoms with Crippen molar-refractivity contribution in [2.24, 2.45) is 0 Å². The van der Waals surface area contributed by atoms with Gasteiger partial charge in [0, 0.05) is 24.4 Å². The normalized spacial score (nSPS) is 14.5. The molecule has 2 aromatic carbocycles. The van der Waals surface area contributed by atoms with Crippen molar-refractivity contribution in [3.63, 3.8) is 0 Å². The lowest BCUT2D eigenvalue weighted by Crippen LogP contribution is -2.16. The molecule has 0 aromatic heterocycles. The molecule has 142 valence electrons. The molecule has 0 radical (unpaired) electrons. The first-order valence-electron chi connectivity index (χ1n) is 8.71. The lowest BCUT2D eigenvalue weighted by Gasteiger charge is -2.16. The van der Waals surface area contributed by atoms with Gasteiger partial charge in [0.05, 0.1) is 0 Å². The minimum absolute atomic E-state index is 0.317. The molecule has 0 aliphatic rings. The molecule has 0 bridgehead atoms. The van der Waals surface area contributed by atoms with Crippen LogP contribution in [0.1, 0.15) is 27.7 Å². The van der Waals surface area contributed by atoms with Crippen molar-refractivity contribution < 1.29 is 23.5 Å². The van der Waals surface area contributed by atoms with Crippen LogP contribution in [0.15, 0.2) is 58.3 Å². The van der Waals surface area contributed by atoms with Crippen LogP contribution in [0.3, 0.4) is 0 Å². The molecule has 26 heavy (non-hydrogen) atoms. The fourth-order valence-electron chi connectivity index (χ4n) is 2.34. The van der Waals surface area contributed by atoms with Crippen LogP contribution in [-0.2, 0) is 20.6 Å². The predicted octanol–water partition coefficient (Wildman–Crippen LogP) is 4.38.